The molecule has 1 aliphatic carbocycles. The molecule has 9 rings (SSSR count). The molecule has 3 aromatic heterocycles. The number of rotatable bonds is 10. The van der Waals surface area contributed by atoms with Gasteiger partial charge in [-0.05, 0) is 102 Å². The quantitative estimate of drug-likeness (QED) is 0.125. The van der Waals surface area contributed by atoms with Crippen LogP contribution < -0.4 is 10.6 Å². The van der Waals surface area contributed by atoms with Gasteiger partial charge in [0.25, 0.3) is 11.8 Å². The number of hydrogen-bond donors (Lipinski definition) is 3. The van der Waals surface area contributed by atoms with Crippen molar-refractivity contribution in [3.8, 4) is 22.5 Å². The van der Waals surface area contributed by atoms with Crippen LogP contribution in [0.3, 0.4) is 0 Å². The monoisotopic (exact) mass is 832 g/mol. The number of hydrogen-bond acceptors (Lipinski definition) is 6. The van der Waals surface area contributed by atoms with E-state index in [1.165, 1.54) is 0 Å². The Labute approximate surface area is 355 Å². The van der Waals surface area contributed by atoms with Crippen LogP contribution in [-0.4, -0.2) is 42.4 Å². The summed E-state index contributed by atoms with van der Waals surface area (Å²) in [7, 11) is 0. The van der Waals surface area contributed by atoms with Crippen LogP contribution in [-0.2, 0) is 13.1 Å². The Morgan fingerprint density at radius 2 is 1.32 bits per heavy atom. The van der Waals surface area contributed by atoms with Crippen LogP contribution in [0.2, 0.25) is 10.0 Å². The lowest BCUT2D eigenvalue weighted by atomic mass is 9.91. The molecule has 0 unspecified atom stereocenters. The number of nitrogens with zero attached hydrogens (tertiary/aromatic N) is 4. The molecule has 298 valence electrons. The molecule has 2 amide bonds. The molecular formula is C48H38Cl2N6O4. The first-order valence-electron chi connectivity index (χ1n) is 19.8. The van der Waals surface area contributed by atoms with Crippen molar-refractivity contribution in [1.29, 1.82) is 0 Å². The molecule has 1 saturated carbocycles. The average Bonchev–Trinajstić information content (AvgIpc) is 3.67. The number of halogens is 2. The van der Waals surface area contributed by atoms with Crippen molar-refractivity contribution in [2.75, 3.05) is 0 Å². The number of amides is 2. The van der Waals surface area contributed by atoms with E-state index >= 15 is 0 Å². The van der Waals surface area contributed by atoms with E-state index in [0.717, 1.165) is 65.1 Å². The van der Waals surface area contributed by atoms with Gasteiger partial charge in [0.2, 0.25) is 0 Å². The zero-order valence-electron chi connectivity index (χ0n) is 32.3. The van der Waals surface area contributed by atoms with Crippen LogP contribution in [0.4, 0.5) is 0 Å². The molecule has 1 fully saturated rings. The fourth-order valence-electron chi connectivity index (χ4n) is 8.20. The summed E-state index contributed by atoms with van der Waals surface area (Å²) in [4.78, 5) is 55.4. The molecule has 0 radical (unpaired) electrons. The molecule has 0 spiro atoms. The van der Waals surface area contributed by atoms with Crippen molar-refractivity contribution in [2.45, 2.75) is 51.2 Å². The molecule has 12 heteroatoms. The highest BCUT2D eigenvalue weighted by Gasteiger charge is 2.31. The molecule has 3 N–H and O–H groups in total. The second-order valence-corrected chi connectivity index (χ2v) is 16.0. The van der Waals surface area contributed by atoms with Crippen LogP contribution in [0.15, 0.2) is 121 Å². The van der Waals surface area contributed by atoms with Crippen molar-refractivity contribution in [2.24, 2.45) is 0 Å². The Bertz CT molecular complexity index is 2960. The maximum absolute atomic E-state index is 14.3. The molecule has 1 aliphatic rings. The number of imidazole rings is 1. The van der Waals surface area contributed by atoms with Crippen LogP contribution in [0, 0.1) is 0 Å². The average molecular weight is 834 g/mol. The number of nitrogens with one attached hydrogen (secondary N) is 2. The van der Waals surface area contributed by atoms with E-state index in [1.807, 2.05) is 78.9 Å². The second kappa shape index (κ2) is 16.6. The van der Waals surface area contributed by atoms with Gasteiger partial charge >= 0.3 is 5.97 Å². The summed E-state index contributed by atoms with van der Waals surface area (Å²) in [6, 6.07) is 34.9. The third-order valence-electron chi connectivity index (χ3n) is 11.2. The first kappa shape index (κ1) is 38.9. The maximum atomic E-state index is 14.3. The number of carbonyl (C=O) groups is 3. The summed E-state index contributed by atoms with van der Waals surface area (Å²) < 4.78 is 2.20. The zero-order valence-corrected chi connectivity index (χ0v) is 33.8. The maximum Gasteiger partial charge on any atom is 0.337 e. The third kappa shape index (κ3) is 7.79. The van der Waals surface area contributed by atoms with Gasteiger partial charge in [0.05, 0.1) is 33.2 Å². The van der Waals surface area contributed by atoms with Crippen LogP contribution in [0.25, 0.3) is 55.4 Å². The Hall–Kier alpha value is -6.62. The number of pyridine rings is 2. The summed E-state index contributed by atoms with van der Waals surface area (Å²) in [6.07, 6.45) is 6.69. The van der Waals surface area contributed by atoms with E-state index in [4.69, 9.17) is 33.2 Å². The number of carboxylic acids is 1. The van der Waals surface area contributed by atoms with Gasteiger partial charge in [0.1, 0.15) is 11.5 Å². The minimum absolute atomic E-state index is 0.0401. The standard InChI is InChI=1S/C48H38Cl2N6O4/c49-34-15-8-28(9-16-34)26-52-46(57)37-25-41-44(42(43(37)48(59)60)32-13-19-38-30(23-32)5-4-22-51-38)55-45(56(41)36-6-2-1-3-7-36)33-14-20-39-31(24-33)12-21-40(54-39)47(58)53-27-29-10-17-35(50)18-11-29/h4-5,8-25,36H,1-3,6-7,26-27H2,(H,52,57)(H,53,58)(H,59,60). The summed E-state index contributed by atoms with van der Waals surface area (Å²) in [5.41, 5.74) is 6.24. The molecule has 3 heterocycles. The zero-order chi connectivity index (χ0) is 41.3. The lowest BCUT2D eigenvalue weighted by molar-refractivity contribution is 0.0691. The highest BCUT2D eigenvalue weighted by Crippen LogP contribution is 2.42. The van der Waals surface area contributed by atoms with Gasteiger partial charge < -0.3 is 20.3 Å². The molecule has 5 aromatic carbocycles. The summed E-state index contributed by atoms with van der Waals surface area (Å²) >= 11 is 12.1. The predicted octanol–water partition coefficient (Wildman–Crippen LogP) is 10.8. The molecule has 60 heavy (non-hydrogen) atoms. The third-order valence-corrected chi connectivity index (χ3v) is 11.7. The molecule has 0 bridgehead atoms. The number of aromatic carboxylic acids is 1. The molecule has 10 nitrogen and oxygen atoms in total. The SMILES string of the molecule is O=C(NCc1ccc(Cl)cc1)c1ccc2cc(-c3nc4c(-c5ccc6ncccc6c5)c(C(=O)O)c(C(=O)NCc5ccc(Cl)cc5)cc4n3C3CCCCC3)ccc2n1. The number of fused-ring (bicyclic) bond motifs is 3. The first-order valence-corrected chi connectivity index (χ1v) is 20.6. The van der Waals surface area contributed by atoms with Crippen molar-refractivity contribution in [3.05, 3.63) is 159 Å². The molecule has 0 aliphatic heterocycles. The Balaban J connectivity index is 1.18. The topological polar surface area (TPSA) is 139 Å². The summed E-state index contributed by atoms with van der Waals surface area (Å²) in [6.45, 7) is 0.507. The van der Waals surface area contributed by atoms with Crippen molar-refractivity contribution in [3.63, 3.8) is 0 Å². The van der Waals surface area contributed by atoms with Crippen molar-refractivity contribution in [1.82, 2.24) is 30.2 Å². The van der Waals surface area contributed by atoms with Crippen molar-refractivity contribution >= 4 is 73.8 Å². The van der Waals surface area contributed by atoms with E-state index < -0.39 is 11.9 Å². The van der Waals surface area contributed by atoms with E-state index in [2.05, 4.69) is 20.2 Å². The molecular weight excluding hydrogens is 795 g/mol. The molecule has 0 atom stereocenters. The van der Waals surface area contributed by atoms with Gasteiger partial charge in [-0.2, -0.15) is 0 Å². The molecule has 8 aromatic rings. The fraction of sp³-hybridized carbons (Fsp3) is 0.167. The lowest BCUT2D eigenvalue weighted by Gasteiger charge is -2.26. The van der Waals surface area contributed by atoms with E-state index in [-0.39, 0.29) is 35.3 Å². The highest BCUT2D eigenvalue weighted by atomic mass is 35.5. The summed E-state index contributed by atoms with van der Waals surface area (Å²) in [5, 5.41) is 19.7. The van der Waals surface area contributed by atoms with Crippen molar-refractivity contribution < 1.29 is 19.5 Å². The van der Waals surface area contributed by atoms with Gasteiger partial charge in [-0.3, -0.25) is 14.6 Å². The van der Waals surface area contributed by atoms with Gasteiger partial charge in [0.15, 0.2) is 0 Å². The van der Waals surface area contributed by atoms with Gasteiger partial charge in [0, 0.05) is 57.3 Å². The van der Waals surface area contributed by atoms with Gasteiger partial charge in [-0.1, -0.05) is 84.9 Å². The van der Waals surface area contributed by atoms with Crippen LogP contribution >= 0.6 is 23.2 Å². The van der Waals surface area contributed by atoms with Crippen LogP contribution in [0.5, 0.6) is 0 Å². The van der Waals surface area contributed by atoms with Gasteiger partial charge in [-0.15, -0.1) is 0 Å². The van der Waals surface area contributed by atoms with E-state index in [9.17, 15) is 19.5 Å². The lowest BCUT2D eigenvalue weighted by Crippen LogP contribution is -2.25. The number of carbonyl (C=O) groups excluding carboxylic acids is 2. The Morgan fingerprint density at radius 1 is 0.683 bits per heavy atom. The van der Waals surface area contributed by atoms with E-state index in [1.54, 1.807) is 42.6 Å². The smallest absolute Gasteiger partial charge is 0.337 e. The normalized spacial score (nSPS) is 13.2. The molecule has 0 saturated heterocycles. The minimum Gasteiger partial charge on any atom is -0.478 e. The fourth-order valence-corrected chi connectivity index (χ4v) is 8.45. The first-order chi connectivity index (χ1) is 29.2. The highest BCUT2D eigenvalue weighted by molar-refractivity contribution is 6.30. The number of carboxylic acid groups (broad SMARTS) is 1. The Kier molecular flexibility index (Phi) is 10.7. The summed E-state index contributed by atoms with van der Waals surface area (Å²) in [5.74, 6) is -1.40. The van der Waals surface area contributed by atoms with Crippen LogP contribution in [0.1, 0.15) is 80.5 Å². The second-order valence-electron chi connectivity index (χ2n) is 15.1. The van der Waals surface area contributed by atoms with Gasteiger partial charge in [-0.25, -0.2) is 14.8 Å². The number of benzene rings is 5. The largest absolute Gasteiger partial charge is 0.478 e. The Morgan fingerprint density at radius 3 is 2.02 bits per heavy atom. The minimum atomic E-state index is -1.24. The number of aromatic nitrogens is 4. The van der Waals surface area contributed by atoms with E-state index in [0.29, 0.717) is 50.1 Å². The predicted molar refractivity (Wildman–Crippen MR) is 236 cm³/mol.